The van der Waals surface area contributed by atoms with Crippen LogP contribution in [-0.2, 0) is 20.9 Å². The van der Waals surface area contributed by atoms with Crippen molar-refractivity contribution in [1.29, 1.82) is 0 Å². The normalized spacial score (nSPS) is 19.5. The molecule has 0 bridgehead atoms. The number of pyridine rings is 1. The van der Waals surface area contributed by atoms with E-state index in [0.717, 1.165) is 5.56 Å². The lowest BCUT2D eigenvalue weighted by molar-refractivity contribution is -0.132. The van der Waals surface area contributed by atoms with E-state index in [2.05, 4.69) is 10.3 Å². The van der Waals surface area contributed by atoms with Crippen molar-refractivity contribution in [2.24, 2.45) is 0 Å². The minimum atomic E-state index is -0.987. The van der Waals surface area contributed by atoms with Gasteiger partial charge in [0.15, 0.2) is 5.60 Å². The van der Waals surface area contributed by atoms with Crippen LogP contribution in [0, 0.1) is 0 Å². The number of benzene rings is 1. The van der Waals surface area contributed by atoms with Gasteiger partial charge in [-0.25, -0.2) is 0 Å². The number of nitrogens with zero attached hydrogens (tertiary/aromatic N) is 3. The van der Waals surface area contributed by atoms with Crippen molar-refractivity contribution in [2.45, 2.75) is 38.8 Å². The van der Waals surface area contributed by atoms with Crippen LogP contribution >= 0.6 is 0 Å². The number of amides is 3. The number of hydrogen-bond donors (Lipinski definition) is 1. The standard InChI is InChI=1S/C22H24N4O4/c1-13(27)26-11-14-6-5-9-23-19(14)16(12-26)20(28)24-15-7-8-17-18(10-15)30-22(2,3)21(29)25(17)4/h5-10,16H,11-12H2,1-4H3,(H,24,28). The number of carbonyl (C=O) groups is 3. The smallest absolute Gasteiger partial charge is 0.270 e. The molecule has 0 aliphatic carbocycles. The fourth-order valence-electron chi connectivity index (χ4n) is 3.93. The van der Waals surface area contributed by atoms with E-state index in [1.807, 2.05) is 6.07 Å². The molecule has 3 amide bonds. The van der Waals surface area contributed by atoms with Gasteiger partial charge in [-0.2, -0.15) is 0 Å². The van der Waals surface area contributed by atoms with Crippen LogP contribution in [0.5, 0.6) is 5.75 Å². The first-order valence-corrected chi connectivity index (χ1v) is 9.79. The highest BCUT2D eigenvalue weighted by Gasteiger charge is 2.39. The molecule has 156 valence electrons. The summed E-state index contributed by atoms with van der Waals surface area (Å²) in [5, 5.41) is 2.92. The molecule has 0 spiro atoms. The Morgan fingerprint density at radius 1 is 1.27 bits per heavy atom. The molecule has 0 radical (unpaired) electrons. The largest absolute Gasteiger partial charge is 0.476 e. The molecule has 0 saturated carbocycles. The predicted octanol–water partition coefficient (Wildman–Crippen LogP) is 2.30. The summed E-state index contributed by atoms with van der Waals surface area (Å²) in [4.78, 5) is 45.0. The highest BCUT2D eigenvalue weighted by molar-refractivity contribution is 6.03. The Morgan fingerprint density at radius 3 is 2.77 bits per heavy atom. The Kier molecular flexibility index (Phi) is 4.72. The number of aromatic nitrogens is 1. The highest BCUT2D eigenvalue weighted by atomic mass is 16.5. The van der Waals surface area contributed by atoms with E-state index in [0.29, 0.717) is 29.4 Å². The summed E-state index contributed by atoms with van der Waals surface area (Å²) >= 11 is 0. The van der Waals surface area contributed by atoms with Crippen LogP contribution in [0.2, 0.25) is 0 Å². The lowest BCUT2D eigenvalue weighted by Crippen LogP contribution is -2.50. The second-order valence-electron chi connectivity index (χ2n) is 8.15. The van der Waals surface area contributed by atoms with Gasteiger partial charge in [0.25, 0.3) is 5.91 Å². The van der Waals surface area contributed by atoms with Crippen molar-refractivity contribution in [3.8, 4) is 5.75 Å². The minimum absolute atomic E-state index is 0.0839. The molecular weight excluding hydrogens is 384 g/mol. The molecule has 8 nitrogen and oxygen atoms in total. The van der Waals surface area contributed by atoms with Crippen molar-refractivity contribution in [1.82, 2.24) is 9.88 Å². The van der Waals surface area contributed by atoms with E-state index in [9.17, 15) is 14.4 Å². The molecule has 1 N–H and O–H groups in total. The number of hydrogen-bond acceptors (Lipinski definition) is 5. The second-order valence-corrected chi connectivity index (χ2v) is 8.15. The second kappa shape index (κ2) is 7.12. The first-order chi connectivity index (χ1) is 14.2. The Bertz CT molecular complexity index is 1050. The van der Waals surface area contributed by atoms with Gasteiger partial charge in [0.1, 0.15) is 5.75 Å². The Labute approximate surface area is 174 Å². The monoisotopic (exact) mass is 408 g/mol. The van der Waals surface area contributed by atoms with Gasteiger partial charge in [-0.15, -0.1) is 0 Å². The molecule has 3 heterocycles. The quantitative estimate of drug-likeness (QED) is 0.823. The van der Waals surface area contributed by atoms with Crippen molar-refractivity contribution in [2.75, 3.05) is 23.8 Å². The molecule has 0 saturated heterocycles. The SMILES string of the molecule is CC(=O)N1Cc2cccnc2C(C(=O)Nc2ccc3c(c2)OC(C)(C)C(=O)N3C)C1. The molecule has 1 aromatic carbocycles. The maximum atomic E-state index is 13.1. The molecule has 1 atom stereocenters. The van der Waals surface area contributed by atoms with Gasteiger partial charge < -0.3 is 19.9 Å². The molecule has 8 heteroatoms. The minimum Gasteiger partial charge on any atom is -0.476 e. The Balaban J connectivity index is 1.60. The van der Waals surface area contributed by atoms with Gasteiger partial charge in [0.2, 0.25) is 11.8 Å². The lowest BCUT2D eigenvalue weighted by atomic mass is 9.93. The molecule has 2 aromatic rings. The average Bonchev–Trinajstić information content (AvgIpc) is 2.70. The number of rotatable bonds is 2. The van der Waals surface area contributed by atoms with Crippen LogP contribution in [0.1, 0.15) is 37.9 Å². The average molecular weight is 408 g/mol. The van der Waals surface area contributed by atoms with Crippen LogP contribution in [0.3, 0.4) is 0 Å². The van der Waals surface area contributed by atoms with Crippen LogP contribution in [0.15, 0.2) is 36.5 Å². The van der Waals surface area contributed by atoms with Crippen LogP contribution < -0.4 is 15.0 Å². The van der Waals surface area contributed by atoms with E-state index < -0.39 is 11.5 Å². The lowest BCUT2D eigenvalue weighted by Gasteiger charge is -2.37. The highest BCUT2D eigenvalue weighted by Crippen LogP contribution is 2.39. The van der Waals surface area contributed by atoms with Crippen LogP contribution in [0.4, 0.5) is 11.4 Å². The molecule has 2 aliphatic rings. The van der Waals surface area contributed by atoms with Crippen molar-refractivity contribution < 1.29 is 19.1 Å². The Hall–Kier alpha value is -3.42. The van der Waals surface area contributed by atoms with E-state index in [1.165, 1.54) is 6.92 Å². The third-order valence-corrected chi connectivity index (χ3v) is 5.56. The van der Waals surface area contributed by atoms with E-state index in [-0.39, 0.29) is 24.3 Å². The van der Waals surface area contributed by atoms with Crippen LogP contribution in [0.25, 0.3) is 0 Å². The zero-order valence-electron chi connectivity index (χ0n) is 17.4. The third kappa shape index (κ3) is 3.38. The number of carbonyl (C=O) groups excluding carboxylic acids is 3. The molecule has 1 aromatic heterocycles. The number of anilines is 2. The molecule has 1 unspecified atom stereocenters. The number of nitrogens with one attached hydrogen (secondary N) is 1. The molecule has 0 fully saturated rings. The molecular formula is C22H24N4O4. The number of ether oxygens (including phenoxy) is 1. The summed E-state index contributed by atoms with van der Waals surface area (Å²) in [7, 11) is 1.70. The summed E-state index contributed by atoms with van der Waals surface area (Å²) in [5.74, 6) is -0.523. The Morgan fingerprint density at radius 2 is 2.03 bits per heavy atom. The van der Waals surface area contributed by atoms with Gasteiger partial charge in [0, 0.05) is 45.0 Å². The molecule has 30 heavy (non-hydrogen) atoms. The summed E-state index contributed by atoms with van der Waals surface area (Å²) in [6, 6.07) is 8.88. The van der Waals surface area contributed by atoms with Crippen molar-refractivity contribution in [3.05, 3.63) is 47.8 Å². The first kappa shape index (κ1) is 19.9. The van der Waals surface area contributed by atoms with Gasteiger partial charge in [0.05, 0.1) is 17.3 Å². The third-order valence-electron chi connectivity index (χ3n) is 5.56. The first-order valence-electron chi connectivity index (χ1n) is 9.79. The predicted molar refractivity (Wildman–Crippen MR) is 111 cm³/mol. The summed E-state index contributed by atoms with van der Waals surface area (Å²) in [5.41, 5.74) is 1.76. The van der Waals surface area contributed by atoms with Gasteiger partial charge in [-0.1, -0.05) is 6.07 Å². The topological polar surface area (TPSA) is 91.8 Å². The fraction of sp³-hybridized carbons (Fsp3) is 0.364. The van der Waals surface area contributed by atoms with Gasteiger partial charge in [-0.3, -0.25) is 19.4 Å². The molecule has 4 rings (SSSR count). The van der Waals surface area contributed by atoms with E-state index in [4.69, 9.17) is 4.74 Å². The zero-order valence-corrected chi connectivity index (χ0v) is 17.4. The fourth-order valence-corrected chi connectivity index (χ4v) is 3.93. The summed E-state index contributed by atoms with van der Waals surface area (Å²) in [6.45, 7) is 5.64. The maximum Gasteiger partial charge on any atom is 0.270 e. The van der Waals surface area contributed by atoms with Gasteiger partial charge >= 0.3 is 0 Å². The van der Waals surface area contributed by atoms with Crippen molar-refractivity contribution in [3.63, 3.8) is 0 Å². The number of likely N-dealkylation sites (N-methyl/N-ethyl adjacent to an activating group) is 1. The van der Waals surface area contributed by atoms with Crippen LogP contribution in [-0.4, -0.2) is 46.8 Å². The number of fused-ring (bicyclic) bond motifs is 2. The van der Waals surface area contributed by atoms with E-state index in [1.54, 1.807) is 61.2 Å². The van der Waals surface area contributed by atoms with Gasteiger partial charge in [-0.05, 0) is 37.6 Å². The van der Waals surface area contributed by atoms with Crippen molar-refractivity contribution >= 4 is 29.1 Å². The summed E-state index contributed by atoms with van der Waals surface area (Å²) in [6.07, 6.45) is 1.66. The van der Waals surface area contributed by atoms with E-state index >= 15 is 0 Å². The molecule has 2 aliphatic heterocycles. The zero-order chi connectivity index (χ0) is 21.6. The maximum absolute atomic E-state index is 13.1. The summed E-state index contributed by atoms with van der Waals surface area (Å²) < 4.78 is 5.87.